The number of nitrogens with one attached hydrogen (secondary N) is 1. The zero-order chi connectivity index (χ0) is 14.4. The van der Waals surface area contributed by atoms with E-state index in [4.69, 9.17) is 4.74 Å². The van der Waals surface area contributed by atoms with Crippen LogP contribution in [0.15, 0.2) is 29.9 Å². The van der Waals surface area contributed by atoms with Gasteiger partial charge in [-0.1, -0.05) is 0 Å². The lowest BCUT2D eigenvalue weighted by atomic mass is 10.2. The predicted octanol–water partition coefficient (Wildman–Crippen LogP) is 1.64. The zero-order valence-electron chi connectivity index (χ0n) is 10.8. The van der Waals surface area contributed by atoms with E-state index in [1.54, 1.807) is 19.3 Å². The minimum atomic E-state index is -0.509. The quantitative estimate of drug-likeness (QED) is 0.847. The molecule has 0 saturated carbocycles. The number of esters is 1. The average molecular weight is 291 g/mol. The van der Waals surface area contributed by atoms with E-state index in [1.165, 1.54) is 5.38 Å². The molecule has 7 heteroatoms. The van der Waals surface area contributed by atoms with Crippen LogP contribution in [0.1, 0.15) is 32.8 Å². The number of carbonyl (C=O) groups is 2. The lowest BCUT2D eigenvalue weighted by Crippen LogP contribution is -2.23. The molecule has 1 amide bonds. The first-order chi connectivity index (χ1) is 9.70. The van der Waals surface area contributed by atoms with Gasteiger partial charge in [0.25, 0.3) is 5.91 Å². The van der Waals surface area contributed by atoms with Gasteiger partial charge >= 0.3 is 5.97 Å². The van der Waals surface area contributed by atoms with Crippen molar-refractivity contribution in [3.8, 4) is 0 Å². The van der Waals surface area contributed by atoms with E-state index in [0.29, 0.717) is 6.54 Å². The van der Waals surface area contributed by atoms with Crippen LogP contribution < -0.4 is 5.32 Å². The number of hydrogen-bond acceptors (Lipinski definition) is 6. The minimum absolute atomic E-state index is 0.181. The Morgan fingerprint density at radius 3 is 2.80 bits per heavy atom. The van der Waals surface area contributed by atoms with Crippen molar-refractivity contribution >= 4 is 23.2 Å². The molecule has 0 spiro atoms. The van der Waals surface area contributed by atoms with Gasteiger partial charge in [-0.2, -0.15) is 0 Å². The molecule has 2 aromatic rings. The van der Waals surface area contributed by atoms with Gasteiger partial charge in [0.1, 0.15) is 5.69 Å². The summed E-state index contributed by atoms with van der Waals surface area (Å²) in [4.78, 5) is 31.2. The summed E-state index contributed by atoms with van der Waals surface area (Å²) in [6, 6.07) is 3.62. The van der Waals surface area contributed by atoms with Crippen molar-refractivity contribution in [2.24, 2.45) is 0 Å². The van der Waals surface area contributed by atoms with Crippen LogP contribution >= 0.6 is 11.3 Å². The number of thiazole rings is 1. The summed E-state index contributed by atoms with van der Waals surface area (Å²) in [5, 5.41) is 4.44. The van der Waals surface area contributed by atoms with Crippen molar-refractivity contribution in [3.63, 3.8) is 0 Å². The lowest BCUT2D eigenvalue weighted by molar-refractivity contribution is 0.0526. The topological polar surface area (TPSA) is 81.2 Å². The van der Waals surface area contributed by atoms with Gasteiger partial charge in [-0.3, -0.25) is 9.78 Å². The van der Waals surface area contributed by atoms with E-state index in [9.17, 15) is 9.59 Å². The molecule has 1 N–H and O–H groups in total. The van der Waals surface area contributed by atoms with Crippen LogP contribution in [0.2, 0.25) is 0 Å². The van der Waals surface area contributed by atoms with E-state index >= 15 is 0 Å². The molecule has 0 aliphatic carbocycles. The third kappa shape index (κ3) is 3.61. The van der Waals surface area contributed by atoms with Crippen molar-refractivity contribution in [2.45, 2.75) is 13.5 Å². The van der Waals surface area contributed by atoms with E-state index in [2.05, 4.69) is 15.3 Å². The number of nitrogens with zero attached hydrogens (tertiary/aromatic N) is 2. The summed E-state index contributed by atoms with van der Waals surface area (Å²) in [5.41, 5.74) is 1.15. The number of carbonyl (C=O) groups excluding carboxylic acids is 2. The highest BCUT2D eigenvalue weighted by atomic mass is 32.1. The third-order valence-electron chi connectivity index (χ3n) is 2.39. The van der Waals surface area contributed by atoms with Crippen molar-refractivity contribution < 1.29 is 14.3 Å². The standard InChI is InChI=1S/C13H13N3O3S/c1-2-19-13(18)12-16-10(8-20-12)11(17)15-7-9-3-5-14-6-4-9/h3-6,8H,2,7H2,1H3,(H,15,17). The monoisotopic (exact) mass is 291 g/mol. The number of amides is 1. The molecule has 0 unspecified atom stereocenters. The molecule has 6 nitrogen and oxygen atoms in total. The van der Waals surface area contributed by atoms with Crippen LogP contribution in [-0.2, 0) is 11.3 Å². The highest BCUT2D eigenvalue weighted by molar-refractivity contribution is 7.11. The van der Waals surface area contributed by atoms with Crippen LogP contribution in [0.5, 0.6) is 0 Å². The van der Waals surface area contributed by atoms with Gasteiger partial charge < -0.3 is 10.1 Å². The molecule has 0 aliphatic rings. The van der Waals surface area contributed by atoms with Gasteiger partial charge in [-0.25, -0.2) is 9.78 Å². The molecule has 2 rings (SSSR count). The summed E-state index contributed by atoms with van der Waals surface area (Å²) in [6.45, 7) is 2.38. The molecule has 0 saturated heterocycles. The predicted molar refractivity (Wildman–Crippen MR) is 73.5 cm³/mol. The van der Waals surface area contributed by atoms with E-state index < -0.39 is 5.97 Å². The molecule has 2 aromatic heterocycles. The zero-order valence-corrected chi connectivity index (χ0v) is 11.6. The van der Waals surface area contributed by atoms with Crippen LogP contribution in [0.3, 0.4) is 0 Å². The average Bonchev–Trinajstić information content (AvgIpc) is 2.96. The van der Waals surface area contributed by atoms with Gasteiger partial charge in [0.2, 0.25) is 5.01 Å². The second kappa shape index (κ2) is 6.76. The van der Waals surface area contributed by atoms with Gasteiger partial charge in [-0.15, -0.1) is 11.3 Å². The minimum Gasteiger partial charge on any atom is -0.461 e. The second-order valence-electron chi connectivity index (χ2n) is 3.80. The molecular weight excluding hydrogens is 278 g/mol. The van der Waals surface area contributed by atoms with Crippen LogP contribution in [0, 0.1) is 0 Å². The summed E-state index contributed by atoms with van der Waals surface area (Å²) in [7, 11) is 0. The first kappa shape index (κ1) is 14.1. The highest BCUT2D eigenvalue weighted by Gasteiger charge is 2.15. The molecule has 20 heavy (non-hydrogen) atoms. The molecule has 0 bridgehead atoms. The second-order valence-corrected chi connectivity index (χ2v) is 4.65. The fourth-order valence-electron chi connectivity index (χ4n) is 1.44. The molecular formula is C13H13N3O3S. The summed E-state index contributed by atoms with van der Waals surface area (Å²) in [5.74, 6) is -0.834. The Morgan fingerprint density at radius 2 is 2.10 bits per heavy atom. The van der Waals surface area contributed by atoms with E-state index in [0.717, 1.165) is 16.9 Å². The smallest absolute Gasteiger partial charge is 0.367 e. The van der Waals surface area contributed by atoms with Gasteiger partial charge in [0, 0.05) is 24.3 Å². The Balaban J connectivity index is 1.94. The fraction of sp³-hybridized carbons (Fsp3) is 0.231. The maximum Gasteiger partial charge on any atom is 0.367 e. The normalized spacial score (nSPS) is 10.1. The van der Waals surface area contributed by atoms with E-state index in [1.807, 2.05) is 12.1 Å². The molecule has 0 radical (unpaired) electrons. The van der Waals surface area contributed by atoms with Crippen LogP contribution in [0.4, 0.5) is 0 Å². The number of rotatable bonds is 5. The molecule has 0 aliphatic heterocycles. The number of aromatic nitrogens is 2. The van der Waals surface area contributed by atoms with Crippen LogP contribution in [-0.4, -0.2) is 28.5 Å². The number of ether oxygens (including phenoxy) is 1. The first-order valence-corrected chi connectivity index (χ1v) is 6.88. The Hall–Kier alpha value is -2.28. The molecule has 0 fully saturated rings. The van der Waals surface area contributed by atoms with Crippen molar-refractivity contribution in [2.75, 3.05) is 6.61 Å². The van der Waals surface area contributed by atoms with Crippen molar-refractivity contribution in [1.82, 2.24) is 15.3 Å². The number of hydrogen-bond donors (Lipinski definition) is 1. The largest absolute Gasteiger partial charge is 0.461 e. The Kier molecular flexibility index (Phi) is 4.78. The molecule has 0 atom stereocenters. The van der Waals surface area contributed by atoms with Crippen LogP contribution in [0.25, 0.3) is 0 Å². The van der Waals surface area contributed by atoms with Crippen molar-refractivity contribution in [1.29, 1.82) is 0 Å². The third-order valence-corrected chi connectivity index (χ3v) is 3.21. The number of pyridine rings is 1. The van der Waals surface area contributed by atoms with Gasteiger partial charge in [0.15, 0.2) is 0 Å². The first-order valence-electron chi connectivity index (χ1n) is 6.00. The molecule has 2 heterocycles. The lowest BCUT2D eigenvalue weighted by Gasteiger charge is -2.02. The fourth-order valence-corrected chi connectivity index (χ4v) is 2.13. The SMILES string of the molecule is CCOC(=O)c1nc(C(=O)NCc2ccncc2)cs1. The van der Waals surface area contributed by atoms with Gasteiger partial charge in [0.05, 0.1) is 6.61 Å². The van der Waals surface area contributed by atoms with Gasteiger partial charge in [-0.05, 0) is 24.6 Å². The maximum atomic E-state index is 11.9. The maximum absolute atomic E-state index is 11.9. The summed E-state index contributed by atoms with van der Waals surface area (Å²) in [6.07, 6.45) is 3.31. The molecule has 104 valence electrons. The van der Waals surface area contributed by atoms with Crippen molar-refractivity contribution in [3.05, 3.63) is 46.2 Å². The highest BCUT2D eigenvalue weighted by Crippen LogP contribution is 2.11. The van der Waals surface area contributed by atoms with E-state index in [-0.39, 0.29) is 23.2 Å². The summed E-state index contributed by atoms with van der Waals surface area (Å²) >= 11 is 1.09. The Morgan fingerprint density at radius 1 is 1.35 bits per heavy atom. The summed E-state index contributed by atoms with van der Waals surface area (Å²) < 4.78 is 4.82. The molecule has 0 aromatic carbocycles. The Bertz CT molecular complexity index is 598. The Labute approximate surface area is 119 Å².